The zero-order chi connectivity index (χ0) is 20.7. The van der Waals surface area contributed by atoms with Gasteiger partial charge in [-0.2, -0.15) is 4.98 Å². The van der Waals surface area contributed by atoms with Crippen molar-refractivity contribution in [3.05, 3.63) is 57.0 Å². The molecule has 0 saturated carbocycles. The Kier molecular flexibility index (Phi) is 5.15. The summed E-state index contributed by atoms with van der Waals surface area (Å²) in [4.78, 5) is 37.4. The smallest absolute Gasteiger partial charge is 0.258 e. The standard InChI is InChI=1S/C23H26N4O2S/c1-30-15-10-8-14(9-11-15)18-19-16(6-5-7-17(19)28)24-21-20(18)22(29)26-23(25-21)27-12-3-2-4-13-27/h8-11,18H,2-7,12-13H2,1H3,(H2,24,25,26,29)/t18-/m1/s1. The van der Waals surface area contributed by atoms with Crippen LogP contribution in [0.15, 0.2) is 45.2 Å². The van der Waals surface area contributed by atoms with Crippen LogP contribution in [0, 0.1) is 0 Å². The summed E-state index contributed by atoms with van der Waals surface area (Å²) >= 11 is 1.68. The predicted molar refractivity (Wildman–Crippen MR) is 120 cm³/mol. The highest BCUT2D eigenvalue weighted by molar-refractivity contribution is 7.98. The molecule has 5 rings (SSSR count). The van der Waals surface area contributed by atoms with E-state index in [1.165, 1.54) is 6.42 Å². The normalized spacial score (nSPS) is 21.2. The number of anilines is 2. The maximum Gasteiger partial charge on any atom is 0.258 e. The number of benzene rings is 1. The molecule has 2 N–H and O–H groups in total. The van der Waals surface area contributed by atoms with E-state index < -0.39 is 0 Å². The number of nitrogens with zero attached hydrogens (tertiary/aromatic N) is 2. The van der Waals surface area contributed by atoms with Crippen molar-refractivity contribution in [2.24, 2.45) is 0 Å². The molecule has 0 unspecified atom stereocenters. The molecule has 0 radical (unpaired) electrons. The average molecular weight is 423 g/mol. The molecule has 7 heteroatoms. The van der Waals surface area contributed by atoms with Crippen LogP contribution in [0.1, 0.15) is 55.6 Å². The van der Waals surface area contributed by atoms with Gasteiger partial charge in [-0.1, -0.05) is 12.1 Å². The van der Waals surface area contributed by atoms with Gasteiger partial charge >= 0.3 is 0 Å². The lowest BCUT2D eigenvalue weighted by Gasteiger charge is -2.34. The minimum Gasteiger partial charge on any atom is -0.343 e. The highest BCUT2D eigenvalue weighted by Gasteiger charge is 2.38. The zero-order valence-electron chi connectivity index (χ0n) is 17.2. The van der Waals surface area contributed by atoms with E-state index in [0.717, 1.165) is 60.5 Å². The number of aromatic amines is 1. The van der Waals surface area contributed by atoms with Crippen molar-refractivity contribution in [2.75, 3.05) is 29.6 Å². The highest BCUT2D eigenvalue weighted by Crippen LogP contribution is 2.43. The zero-order valence-corrected chi connectivity index (χ0v) is 18.0. The third-order valence-electron chi connectivity index (χ3n) is 6.35. The number of fused-ring (bicyclic) bond motifs is 1. The summed E-state index contributed by atoms with van der Waals surface area (Å²) in [5.74, 6) is 1.000. The van der Waals surface area contributed by atoms with Gasteiger partial charge < -0.3 is 10.2 Å². The van der Waals surface area contributed by atoms with Gasteiger partial charge in [0.25, 0.3) is 5.56 Å². The van der Waals surface area contributed by atoms with Crippen LogP contribution in [0.3, 0.4) is 0 Å². The molecule has 1 aliphatic carbocycles. The van der Waals surface area contributed by atoms with E-state index in [1.54, 1.807) is 11.8 Å². The third-order valence-corrected chi connectivity index (χ3v) is 7.09. The third kappa shape index (κ3) is 3.35. The van der Waals surface area contributed by atoms with Crippen LogP contribution in [-0.2, 0) is 4.79 Å². The minimum absolute atomic E-state index is 0.132. The van der Waals surface area contributed by atoms with Crippen molar-refractivity contribution in [3.8, 4) is 0 Å². The van der Waals surface area contributed by atoms with E-state index in [4.69, 9.17) is 4.98 Å². The summed E-state index contributed by atoms with van der Waals surface area (Å²) in [6.45, 7) is 1.82. The Labute approximate surface area is 180 Å². The number of aromatic nitrogens is 2. The second-order valence-electron chi connectivity index (χ2n) is 8.20. The lowest BCUT2D eigenvalue weighted by Crippen LogP contribution is -2.36. The molecule has 1 aromatic heterocycles. The van der Waals surface area contributed by atoms with Gasteiger partial charge in [-0.25, -0.2) is 0 Å². The molecule has 156 valence electrons. The van der Waals surface area contributed by atoms with Crippen LogP contribution in [0.5, 0.6) is 0 Å². The van der Waals surface area contributed by atoms with Crippen LogP contribution < -0.4 is 15.8 Å². The molecular weight excluding hydrogens is 396 g/mol. The first kappa shape index (κ1) is 19.4. The topological polar surface area (TPSA) is 78.1 Å². The maximum atomic E-state index is 13.3. The molecule has 1 fully saturated rings. The fourth-order valence-corrected chi connectivity index (χ4v) is 5.24. The first-order valence-corrected chi connectivity index (χ1v) is 11.9. The lowest BCUT2D eigenvalue weighted by molar-refractivity contribution is -0.116. The van der Waals surface area contributed by atoms with Gasteiger partial charge in [0.2, 0.25) is 5.95 Å². The lowest BCUT2D eigenvalue weighted by atomic mass is 9.76. The molecule has 1 atom stereocenters. The summed E-state index contributed by atoms with van der Waals surface area (Å²) in [7, 11) is 0. The highest BCUT2D eigenvalue weighted by atomic mass is 32.2. The van der Waals surface area contributed by atoms with Crippen molar-refractivity contribution < 1.29 is 4.79 Å². The minimum atomic E-state index is -0.369. The van der Waals surface area contributed by atoms with Crippen molar-refractivity contribution in [1.29, 1.82) is 0 Å². The molecule has 6 nitrogen and oxygen atoms in total. The molecule has 1 saturated heterocycles. The number of carbonyl (C=O) groups is 1. The van der Waals surface area contributed by atoms with Crippen molar-refractivity contribution >= 4 is 29.3 Å². The number of ketones is 1. The van der Waals surface area contributed by atoms with E-state index in [1.807, 2.05) is 18.4 Å². The predicted octanol–water partition coefficient (Wildman–Crippen LogP) is 4.05. The van der Waals surface area contributed by atoms with Gasteiger partial charge in [-0.3, -0.25) is 14.6 Å². The molecule has 0 bridgehead atoms. The number of rotatable bonds is 3. The summed E-state index contributed by atoms with van der Waals surface area (Å²) in [6, 6.07) is 8.18. The SMILES string of the molecule is CSc1ccc([C@@H]2C3=C(CCCC3=O)Nc3nc(N4CCCCC4)[nH]c(=O)c32)cc1. The molecule has 3 heterocycles. The second kappa shape index (κ2) is 7.95. The Bertz CT molecular complexity index is 1070. The van der Waals surface area contributed by atoms with Crippen molar-refractivity contribution in [1.82, 2.24) is 9.97 Å². The Balaban J connectivity index is 1.65. The first-order valence-electron chi connectivity index (χ1n) is 10.7. The van der Waals surface area contributed by atoms with Gasteiger partial charge in [-0.15, -0.1) is 11.8 Å². The van der Waals surface area contributed by atoms with E-state index in [0.29, 0.717) is 23.8 Å². The van der Waals surface area contributed by atoms with Gasteiger partial charge in [0.15, 0.2) is 5.78 Å². The van der Waals surface area contributed by atoms with Gasteiger partial charge in [-0.05, 0) is 56.1 Å². The number of hydrogen-bond acceptors (Lipinski definition) is 6. The average Bonchev–Trinajstić information content (AvgIpc) is 2.78. The summed E-state index contributed by atoms with van der Waals surface area (Å²) < 4.78 is 0. The molecule has 30 heavy (non-hydrogen) atoms. The summed E-state index contributed by atoms with van der Waals surface area (Å²) in [5.41, 5.74) is 3.04. The van der Waals surface area contributed by atoms with E-state index >= 15 is 0 Å². The molecule has 2 aromatic rings. The number of nitrogens with one attached hydrogen (secondary N) is 2. The van der Waals surface area contributed by atoms with Gasteiger partial charge in [0, 0.05) is 41.6 Å². The van der Waals surface area contributed by atoms with Crippen molar-refractivity contribution in [2.45, 2.75) is 49.3 Å². The Morgan fingerprint density at radius 2 is 1.80 bits per heavy atom. The summed E-state index contributed by atoms with van der Waals surface area (Å²) in [6.07, 6.45) is 7.67. The molecule has 1 aromatic carbocycles. The number of thioether (sulfide) groups is 1. The number of H-pyrrole nitrogens is 1. The van der Waals surface area contributed by atoms with E-state index in [-0.39, 0.29) is 17.3 Å². The maximum absolute atomic E-state index is 13.3. The quantitative estimate of drug-likeness (QED) is 0.727. The van der Waals surface area contributed by atoms with Crippen LogP contribution in [0.25, 0.3) is 0 Å². The van der Waals surface area contributed by atoms with Crippen LogP contribution in [-0.4, -0.2) is 35.1 Å². The van der Waals surface area contributed by atoms with E-state index in [9.17, 15) is 9.59 Å². The number of carbonyl (C=O) groups excluding carboxylic acids is 1. The Morgan fingerprint density at radius 1 is 1.03 bits per heavy atom. The first-order chi connectivity index (χ1) is 14.7. The number of allylic oxidation sites excluding steroid dienone is 2. The van der Waals surface area contributed by atoms with Gasteiger partial charge in [0.05, 0.1) is 5.56 Å². The van der Waals surface area contributed by atoms with Crippen LogP contribution >= 0.6 is 11.8 Å². The molecule has 0 spiro atoms. The monoisotopic (exact) mass is 422 g/mol. The van der Waals surface area contributed by atoms with Crippen LogP contribution in [0.4, 0.5) is 11.8 Å². The Hall–Kier alpha value is -2.54. The van der Waals surface area contributed by atoms with Crippen LogP contribution in [0.2, 0.25) is 0 Å². The largest absolute Gasteiger partial charge is 0.343 e. The molecular formula is C23H26N4O2S. The Morgan fingerprint density at radius 3 is 2.53 bits per heavy atom. The molecule has 3 aliphatic rings. The number of Topliss-reactive ketones (excluding diaryl/α,β-unsaturated/α-hetero) is 1. The second-order valence-corrected chi connectivity index (χ2v) is 9.08. The molecule has 0 amide bonds. The summed E-state index contributed by atoms with van der Waals surface area (Å²) in [5, 5.41) is 3.37. The molecule has 2 aliphatic heterocycles. The van der Waals surface area contributed by atoms with Gasteiger partial charge in [0.1, 0.15) is 5.82 Å². The van der Waals surface area contributed by atoms with Crippen molar-refractivity contribution in [3.63, 3.8) is 0 Å². The fraction of sp³-hybridized carbons (Fsp3) is 0.435. The fourth-order valence-electron chi connectivity index (χ4n) is 4.83. The number of piperidine rings is 1. The number of hydrogen-bond donors (Lipinski definition) is 2. The van der Waals surface area contributed by atoms with E-state index in [2.05, 4.69) is 27.3 Å².